The number of allylic oxidation sites excluding steroid dienone is 1. The van der Waals surface area contributed by atoms with E-state index in [2.05, 4.69) is 0 Å². The Morgan fingerprint density at radius 2 is 2.07 bits per heavy atom. The predicted octanol–water partition coefficient (Wildman–Crippen LogP) is 1.30. The van der Waals surface area contributed by atoms with Crippen molar-refractivity contribution in [1.29, 1.82) is 0 Å². The monoisotopic (exact) mass is 209 g/mol. The molecule has 2 atom stereocenters. The van der Waals surface area contributed by atoms with Crippen LogP contribution < -0.4 is 5.73 Å². The van der Waals surface area contributed by atoms with E-state index < -0.39 is 24.1 Å². The number of hydrogen-bond donors (Lipinski definition) is 2. The molecule has 0 aliphatic heterocycles. The van der Waals surface area contributed by atoms with Crippen molar-refractivity contribution in [2.24, 2.45) is 11.7 Å². The fourth-order valence-electron chi connectivity index (χ4n) is 1.60. The van der Waals surface area contributed by atoms with E-state index in [1.807, 2.05) is 0 Å². The molecule has 1 saturated carbocycles. The zero-order valence-corrected chi connectivity index (χ0v) is 7.21. The summed E-state index contributed by atoms with van der Waals surface area (Å²) < 4.78 is 36.0. The van der Waals surface area contributed by atoms with Gasteiger partial charge in [0.1, 0.15) is 0 Å². The molecule has 0 aromatic carbocycles. The number of alkyl halides is 3. The third-order valence-corrected chi connectivity index (χ3v) is 2.23. The third-order valence-electron chi connectivity index (χ3n) is 2.23. The molecule has 0 aromatic rings. The van der Waals surface area contributed by atoms with Crippen LogP contribution in [-0.4, -0.2) is 23.3 Å². The summed E-state index contributed by atoms with van der Waals surface area (Å²) >= 11 is 0. The van der Waals surface area contributed by atoms with Gasteiger partial charge in [0, 0.05) is 12.1 Å². The zero-order chi connectivity index (χ0) is 10.9. The lowest BCUT2D eigenvalue weighted by atomic mass is 10.0. The maximum Gasteiger partial charge on any atom is 0.409 e. The fourth-order valence-corrected chi connectivity index (χ4v) is 1.60. The molecule has 0 heterocycles. The first-order valence-electron chi connectivity index (χ1n) is 4.09. The average Bonchev–Trinajstić information content (AvgIpc) is 2.29. The van der Waals surface area contributed by atoms with E-state index in [1.54, 1.807) is 0 Å². The summed E-state index contributed by atoms with van der Waals surface area (Å²) in [6.45, 7) is 0. The molecule has 0 radical (unpaired) electrons. The molecule has 0 unspecified atom stereocenters. The van der Waals surface area contributed by atoms with Crippen molar-refractivity contribution in [3.8, 4) is 0 Å². The largest absolute Gasteiger partial charge is 0.481 e. The Balaban J connectivity index is 2.93. The van der Waals surface area contributed by atoms with Gasteiger partial charge in [0.05, 0.1) is 5.92 Å². The number of carboxylic acids is 1. The molecule has 0 bridgehead atoms. The van der Waals surface area contributed by atoms with E-state index in [0.29, 0.717) is 6.42 Å². The van der Waals surface area contributed by atoms with E-state index in [4.69, 9.17) is 10.8 Å². The summed E-state index contributed by atoms with van der Waals surface area (Å²) in [6.07, 6.45) is -4.01. The second kappa shape index (κ2) is 3.61. The number of nitrogens with two attached hydrogens (primary N) is 1. The van der Waals surface area contributed by atoms with Gasteiger partial charge in [0.2, 0.25) is 0 Å². The summed E-state index contributed by atoms with van der Waals surface area (Å²) in [5.74, 6) is -2.32. The molecule has 3 N–H and O–H groups in total. The van der Waals surface area contributed by atoms with E-state index in [1.165, 1.54) is 0 Å². The molecular weight excluding hydrogens is 199 g/mol. The Labute approximate surface area is 78.4 Å². The van der Waals surface area contributed by atoms with Gasteiger partial charge in [-0.15, -0.1) is 0 Å². The maximum absolute atomic E-state index is 12.0. The van der Waals surface area contributed by atoms with E-state index >= 15 is 0 Å². The normalized spacial score (nSPS) is 31.0. The molecule has 1 aliphatic rings. The molecule has 1 aliphatic carbocycles. The van der Waals surface area contributed by atoms with Crippen LogP contribution in [0, 0.1) is 5.92 Å². The highest BCUT2D eigenvalue weighted by Crippen LogP contribution is 2.33. The van der Waals surface area contributed by atoms with Gasteiger partial charge in [-0.05, 0) is 18.4 Å². The number of halogens is 3. The highest BCUT2D eigenvalue weighted by molar-refractivity contribution is 5.74. The molecule has 0 spiro atoms. The molecule has 6 heteroatoms. The summed E-state index contributed by atoms with van der Waals surface area (Å²) in [5.41, 5.74) is 5.17. The van der Waals surface area contributed by atoms with Gasteiger partial charge in [-0.1, -0.05) is 0 Å². The quantitative estimate of drug-likeness (QED) is 0.640. The van der Waals surface area contributed by atoms with Crippen LogP contribution in [0.15, 0.2) is 11.6 Å². The van der Waals surface area contributed by atoms with Crippen molar-refractivity contribution in [2.45, 2.75) is 25.1 Å². The van der Waals surface area contributed by atoms with Crippen LogP contribution in [0.5, 0.6) is 0 Å². The molecule has 14 heavy (non-hydrogen) atoms. The maximum atomic E-state index is 12.0. The average molecular weight is 209 g/mol. The van der Waals surface area contributed by atoms with Crippen molar-refractivity contribution in [2.75, 3.05) is 0 Å². The van der Waals surface area contributed by atoms with Crippen molar-refractivity contribution < 1.29 is 23.1 Å². The van der Waals surface area contributed by atoms with Gasteiger partial charge in [0.25, 0.3) is 0 Å². The van der Waals surface area contributed by atoms with E-state index in [9.17, 15) is 18.0 Å². The Morgan fingerprint density at radius 3 is 2.50 bits per heavy atom. The van der Waals surface area contributed by atoms with Crippen molar-refractivity contribution >= 4 is 5.97 Å². The smallest absolute Gasteiger partial charge is 0.409 e. The molecule has 0 saturated heterocycles. The Morgan fingerprint density at radius 1 is 1.50 bits per heavy atom. The molecule has 1 fully saturated rings. The standard InChI is InChI=1S/C8H10F3NO2/c9-8(10,11)3-5-4(7(13)14)1-2-6(5)12/h3-4,6H,1-2,12H2,(H,13,14)/b5-3-/t4-,6-/m0/s1. The molecule has 80 valence electrons. The highest BCUT2D eigenvalue weighted by Gasteiger charge is 2.37. The van der Waals surface area contributed by atoms with Crippen LogP contribution in [0.3, 0.4) is 0 Å². The Kier molecular flexibility index (Phi) is 2.84. The summed E-state index contributed by atoms with van der Waals surface area (Å²) in [6, 6.07) is -0.780. The fraction of sp³-hybridized carbons (Fsp3) is 0.625. The van der Waals surface area contributed by atoms with E-state index in [-0.39, 0.29) is 18.1 Å². The second-order valence-electron chi connectivity index (χ2n) is 3.26. The molecule has 0 amide bonds. The van der Waals surface area contributed by atoms with Crippen molar-refractivity contribution in [3.63, 3.8) is 0 Å². The minimum Gasteiger partial charge on any atom is -0.481 e. The topological polar surface area (TPSA) is 63.3 Å². The number of carboxylic acid groups (broad SMARTS) is 1. The molecule has 0 aromatic heterocycles. The van der Waals surface area contributed by atoms with Gasteiger partial charge in [-0.2, -0.15) is 13.2 Å². The Hall–Kier alpha value is -1.04. The summed E-state index contributed by atoms with van der Waals surface area (Å²) in [7, 11) is 0. The predicted molar refractivity (Wildman–Crippen MR) is 42.5 cm³/mol. The molecule has 3 nitrogen and oxygen atoms in total. The minimum atomic E-state index is -4.50. The number of aliphatic carboxylic acids is 1. The van der Waals surface area contributed by atoms with Crippen LogP contribution in [0.4, 0.5) is 13.2 Å². The number of carbonyl (C=O) groups is 1. The van der Waals surface area contributed by atoms with Gasteiger partial charge in [-0.3, -0.25) is 4.79 Å². The highest BCUT2D eigenvalue weighted by atomic mass is 19.4. The number of rotatable bonds is 1. The third kappa shape index (κ3) is 2.47. The number of hydrogen-bond acceptors (Lipinski definition) is 2. The lowest BCUT2D eigenvalue weighted by Crippen LogP contribution is -2.24. The lowest BCUT2D eigenvalue weighted by Gasteiger charge is -2.11. The first kappa shape index (κ1) is 11.0. The lowest BCUT2D eigenvalue weighted by molar-refractivity contribution is -0.140. The summed E-state index contributed by atoms with van der Waals surface area (Å²) in [4.78, 5) is 10.6. The van der Waals surface area contributed by atoms with Gasteiger partial charge >= 0.3 is 12.1 Å². The molecular formula is C8H10F3NO2. The first-order chi connectivity index (χ1) is 6.31. The Bertz CT molecular complexity index is 272. The van der Waals surface area contributed by atoms with E-state index in [0.717, 1.165) is 0 Å². The van der Waals surface area contributed by atoms with Crippen LogP contribution in [0.25, 0.3) is 0 Å². The van der Waals surface area contributed by atoms with Crippen LogP contribution in [0.1, 0.15) is 12.8 Å². The molecule has 1 rings (SSSR count). The van der Waals surface area contributed by atoms with Crippen molar-refractivity contribution in [1.82, 2.24) is 0 Å². The SMILES string of the molecule is N[C@H]1CC[C@H](C(=O)O)/C1=C/C(F)(F)F. The summed E-state index contributed by atoms with van der Waals surface area (Å²) in [5, 5.41) is 8.63. The van der Waals surface area contributed by atoms with Crippen LogP contribution >= 0.6 is 0 Å². The van der Waals surface area contributed by atoms with Gasteiger partial charge in [0.15, 0.2) is 0 Å². The van der Waals surface area contributed by atoms with Gasteiger partial charge in [-0.25, -0.2) is 0 Å². The minimum absolute atomic E-state index is 0.0173. The zero-order valence-electron chi connectivity index (χ0n) is 7.21. The van der Waals surface area contributed by atoms with Crippen LogP contribution in [-0.2, 0) is 4.79 Å². The van der Waals surface area contributed by atoms with Gasteiger partial charge < -0.3 is 10.8 Å². The van der Waals surface area contributed by atoms with Crippen LogP contribution in [0.2, 0.25) is 0 Å². The first-order valence-corrected chi connectivity index (χ1v) is 4.09. The second-order valence-corrected chi connectivity index (χ2v) is 3.26. The van der Waals surface area contributed by atoms with Crippen molar-refractivity contribution in [3.05, 3.63) is 11.6 Å².